The van der Waals surface area contributed by atoms with Gasteiger partial charge in [-0.2, -0.15) is 5.26 Å². The van der Waals surface area contributed by atoms with Crippen LogP contribution in [0.25, 0.3) is 0 Å². The number of methoxy groups -OCH3 is 1. The van der Waals surface area contributed by atoms with Gasteiger partial charge in [-0.3, -0.25) is 0 Å². The monoisotopic (exact) mass is 288 g/mol. The molecule has 20 heavy (non-hydrogen) atoms. The molecule has 0 aliphatic heterocycles. The van der Waals surface area contributed by atoms with E-state index in [1.807, 2.05) is 13.8 Å². The van der Waals surface area contributed by atoms with E-state index in [2.05, 4.69) is 11.4 Å². The molecule has 0 fully saturated rings. The molecule has 2 unspecified atom stereocenters. The Morgan fingerprint density at radius 3 is 2.15 bits per heavy atom. The van der Waals surface area contributed by atoms with Crippen molar-refractivity contribution in [2.75, 3.05) is 53.8 Å². The average Bonchev–Trinajstić information content (AvgIpc) is 2.45. The molecule has 6 heteroatoms. The minimum atomic E-state index is -0.546. The van der Waals surface area contributed by atoms with E-state index in [0.717, 1.165) is 0 Å². The van der Waals surface area contributed by atoms with Gasteiger partial charge in [0.15, 0.2) is 0 Å². The highest BCUT2D eigenvalue weighted by atomic mass is 16.6. The third-order valence-electron chi connectivity index (χ3n) is 2.93. The van der Waals surface area contributed by atoms with Crippen molar-refractivity contribution in [3.05, 3.63) is 0 Å². The molecule has 0 aromatic heterocycles. The summed E-state index contributed by atoms with van der Waals surface area (Å²) in [5.41, 5.74) is -0.546. The van der Waals surface area contributed by atoms with Crippen LogP contribution in [0.5, 0.6) is 0 Å². The molecule has 0 aliphatic rings. The van der Waals surface area contributed by atoms with Crippen molar-refractivity contribution in [3.8, 4) is 6.07 Å². The Labute approximate surface area is 122 Å². The molecule has 0 amide bonds. The fourth-order valence-corrected chi connectivity index (χ4v) is 1.61. The molecule has 0 aromatic carbocycles. The second kappa shape index (κ2) is 12.1. The molecular weight excluding hydrogens is 260 g/mol. The summed E-state index contributed by atoms with van der Waals surface area (Å²) in [4.78, 5) is 0. The first-order valence-electron chi connectivity index (χ1n) is 6.94. The SMILES string of the molecule is CNC(C)(C#N)CC(C)OCCOCCOCCOC. The van der Waals surface area contributed by atoms with Crippen LogP contribution in [0.1, 0.15) is 20.3 Å². The van der Waals surface area contributed by atoms with Crippen LogP contribution in [-0.2, 0) is 18.9 Å². The highest BCUT2D eigenvalue weighted by Gasteiger charge is 2.24. The van der Waals surface area contributed by atoms with E-state index in [1.54, 1.807) is 14.2 Å². The molecule has 0 aliphatic carbocycles. The Kier molecular flexibility index (Phi) is 11.6. The second-order valence-electron chi connectivity index (χ2n) is 4.80. The Morgan fingerprint density at radius 2 is 1.65 bits per heavy atom. The zero-order valence-corrected chi connectivity index (χ0v) is 13.1. The summed E-state index contributed by atoms with van der Waals surface area (Å²) < 4.78 is 21.1. The van der Waals surface area contributed by atoms with Crippen LogP contribution in [0.4, 0.5) is 0 Å². The quantitative estimate of drug-likeness (QED) is 0.509. The molecule has 0 saturated heterocycles. The molecule has 6 nitrogen and oxygen atoms in total. The highest BCUT2D eigenvalue weighted by molar-refractivity contribution is 5.03. The molecule has 0 bridgehead atoms. The Hall–Kier alpha value is -0.710. The number of hydrogen-bond donors (Lipinski definition) is 1. The minimum absolute atomic E-state index is 0.00801. The van der Waals surface area contributed by atoms with Crippen LogP contribution in [0.15, 0.2) is 0 Å². The van der Waals surface area contributed by atoms with Crippen LogP contribution in [0.2, 0.25) is 0 Å². The second-order valence-corrected chi connectivity index (χ2v) is 4.80. The third kappa shape index (κ3) is 10.1. The normalized spacial score (nSPS) is 15.6. The molecule has 0 saturated carbocycles. The summed E-state index contributed by atoms with van der Waals surface area (Å²) in [5.74, 6) is 0. The summed E-state index contributed by atoms with van der Waals surface area (Å²) in [6.45, 7) is 7.17. The smallest absolute Gasteiger partial charge is 0.106 e. The summed E-state index contributed by atoms with van der Waals surface area (Å²) >= 11 is 0. The molecule has 0 aromatic rings. The number of rotatable bonds is 13. The van der Waals surface area contributed by atoms with E-state index in [-0.39, 0.29) is 6.10 Å². The van der Waals surface area contributed by atoms with Crippen molar-refractivity contribution >= 4 is 0 Å². The van der Waals surface area contributed by atoms with Crippen molar-refractivity contribution in [1.29, 1.82) is 5.26 Å². The van der Waals surface area contributed by atoms with E-state index in [4.69, 9.17) is 24.2 Å². The van der Waals surface area contributed by atoms with E-state index in [0.29, 0.717) is 46.1 Å². The lowest BCUT2D eigenvalue weighted by molar-refractivity contribution is -0.0170. The van der Waals surface area contributed by atoms with Crippen LogP contribution in [0, 0.1) is 11.3 Å². The zero-order valence-electron chi connectivity index (χ0n) is 13.1. The van der Waals surface area contributed by atoms with Crippen LogP contribution in [0.3, 0.4) is 0 Å². The minimum Gasteiger partial charge on any atom is -0.382 e. The predicted octanol–water partition coefficient (Wildman–Crippen LogP) is 0.963. The number of nitrogens with one attached hydrogen (secondary N) is 1. The molecule has 0 radical (unpaired) electrons. The van der Waals surface area contributed by atoms with Gasteiger partial charge in [0.25, 0.3) is 0 Å². The molecule has 0 rings (SSSR count). The summed E-state index contributed by atoms with van der Waals surface area (Å²) in [6.07, 6.45) is 0.647. The van der Waals surface area contributed by atoms with E-state index >= 15 is 0 Å². The van der Waals surface area contributed by atoms with Gasteiger partial charge in [0.1, 0.15) is 5.54 Å². The zero-order chi connectivity index (χ0) is 15.3. The molecule has 2 atom stereocenters. The van der Waals surface area contributed by atoms with Gasteiger partial charge in [-0.25, -0.2) is 0 Å². The van der Waals surface area contributed by atoms with Crippen molar-refractivity contribution in [2.24, 2.45) is 0 Å². The van der Waals surface area contributed by atoms with Gasteiger partial charge in [-0.1, -0.05) is 0 Å². The van der Waals surface area contributed by atoms with Crippen molar-refractivity contribution in [3.63, 3.8) is 0 Å². The van der Waals surface area contributed by atoms with Gasteiger partial charge >= 0.3 is 0 Å². The third-order valence-corrected chi connectivity index (χ3v) is 2.93. The maximum Gasteiger partial charge on any atom is 0.106 e. The Bertz CT molecular complexity index is 270. The lowest BCUT2D eigenvalue weighted by Gasteiger charge is -2.24. The molecule has 0 spiro atoms. The molecule has 0 heterocycles. The van der Waals surface area contributed by atoms with Gasteiger partial charge < -0.3 is 24.3 Å². The van der Waals surface area contributed by atoms with Gasteiger partial charge in [-0.05, 0) is 20.9 Å². The van der Waals surface area contributed by atoms with Gasteiger partial charge in [0.05, 0.1) is 51.8 Å². The van der Waals surface area contributed by atoms with Crippen LogP contribution < -0.4 is 5.32 Å². The Morgan fingerprint density at radius 1 is 1.10 bits per heavy atom. The van der Waals surface area contributed by atoms with Crippen molar-refractivity contribution < 1.29 is 18.9 Å². The highest BCUT2D eigenvalue weighted by Crippen LogP contribution is 2.12. The largest absolute Gasteiger partial charge is 0.382 e. The maximum atomic E-state index is 9.05. The first-order chi connectivity index (χ1) is 9.58. The number of hydrogen-bond acceptors (Lipinski definition) is 6. The van der Waals surface area contributed by atoms with Gasteiger partial charge in [0.2, 0.25) is 0 Å². The van der Waals surface area contributed by atoms with Crippen LogP contribution >= 0.6 is 0 Å². The van der Waals surface area contributed by atoms with E-state index < -0.39 is 5.54 Å². The first-order valence-corrected chi connectivity index (χ1v) is 6.94. The predicted molar refractivity (Wildman–Crippen MR) is 76.6 cm³/mol. The van der Waals surface area contributed by atoms with E-state index in [1.165, 1.54) is 0 Å². The average molecular weight is 288 g/mol. The number of ether oxygens (including phenoxy) is 4. The molecular formula is C14H28N2O4. The fourth-order valence-electron chi connectivity index (χ4n) is 1.61. The van der Waals surface area contributed by atoms with Gasteiger partial charge in [0, 0.05) is 13.5 Å². The summed E-state index contributed by atoms with van der Waals surface area (Å²) in [7, 11) is 3.42. The maximum absolute atomic E-state index is 9.05. The van der Waals surface area contributed by atoms with E-state index in [9.17, 15) is 0 Å². The van der Waals surface area contributed by atoms with Crippen LogP contribution in [-0.4, -0.2) is 65.4 Å². The standard InChI is InChI=1S/C14H28N2O4/c1-13(11-14(2,12-15)16-3)20-10-9-19-8-7-18-6-5-17-4/h13,16H,5-11H2,1-4H3. The Balaban J connectivity index is 3.44. The van der Waals surface area contributed by atoms with Crippen molar-refractivity contribution in [1.82, 2.24) is 5.32 Å². The number of nitriles is 1. The van der Waals surface area contributed by atoms with Crippen molar-refractivity contribution in [2.45, 2.75) is 31.9 Å². The topological polar surface area (TPSA) is 72.7 Å². The molecule has 118 valence electrons. The first kappa shape index (κ1) is 19.3. The lowest BCUT2D eigenvalue weighted by atomic mass is 9.97. The number of nitrogens with zero attached hydrogens (tertiary/aromatic N) is 1. The molecule has 1 N–H and O–H groups in total. The summed E-state index contributed by atoms with van der Waals surface area (Å²) in [5, 5.41) is 12.0. The lowest BCUT2D eigenvalue weighted by Crippen LogP contribution is -2.41. The van der Waals surface area contributed by atoms with Gasteiger partial charge in [-0.15, -0.1) is 0 Å². The fraction of sp³-hybridized carbons (Fsp3) is 0.929. The summed E-state index contributed by atoms with van der Waals surface area (Å²) in [6, 6.07) is 2.24.